The summed E-state index contributed by atoms with van der Waals surface area (Å²) >= 11 is 0. The number of hydrogen-bond acceptors (Lipinski definition) is 6. The van der Waals surface area contributed by atoms with E-state index in [1.807, 2.05) is 43.3 Å². The summed E-state index contributed by atoms with van der Waals surface area (Å²) in [6.07, 6.45) is 0. The van der Waals surface area contributed by atoms with Crippen molar-refractivity contribution in [3.63, 3.8) is 0 Å². The normalized spacial score (nSPS) is 14.7. The van der Waals surface area contributed by atoms with Gasteiger partial charge in [0.2, 0.25) is 0 Å². The molecule has 6 nitrogen and oxygen atoms in total. The number of ether oxygens (including phenoxy) is 2. The fraction of sp³-hybridized carbons (Fsp3) is 0.0400. The molecular weight excluding hydrogens is 396 g/mol. The van der Waals surface area contributed by atoms with E-state index in [4.69, 9.17) is 9.47 Å². The Morgan fingerprint density at radius 3 is 2.00 bits per heavy atom. The van der Waals surface area contributed by atoms with Crippen LogP contribution in [0, 0.1) is 6.92 Å². The lowest BCUT2D eigenvalue weighted by molar-refractivity contribution is 0.0426. The Hall–Kier alpha value is -4.32. The van der Waals surface area contributed by atoms with Gasteiger partial charge in [-0.1, -0.05) is 36.4 Å². The number of fused-ring (bicyclic) bond motifs is 4. The summed E-state index contributed by atoms with van der Waals surface area (Å²) in [6, 6.07) is 16.1. The maximum Gasteiger partial charge on any atom is 0.347 e. The SMILES string of the molecule is Cc1cc(-c2c3c(cc4ccccc24)C(=O)OC3=O)c2cc3c(cc2c1)C(=O)OC3=O. The molecule has 0 saturated carbocycles. The average molecular weight is 408 g/mol. The van der Waals surface area contributed by atoms with Gasteiger partial charge in [0.05, 0.1) is 22.3 Å². The number of aryl methyl sites for hydroxylation is 1. The van der Waals surface area contributed by atoms with Crippen molar-refractivity contribution in [1.29, 1.82) is 0 Å². The van der Waals surface area contributed by atoms with E-state index in [-0.39, 0.29) is 22.3 Å². The fourth-order valence-corrected chi connectivity index (χ4v) is 4.49. The molecule has 0 aromatic heterocycles. The van der Waals surface area contributed by atoms with Crippen molar-refractivity contribution in [2.75, 3.05) is 0 Å². The summed E-state index contributed by atoms with van der Waals surface area (Å²) in [4.78, 5) is 49.2. The molecule has 0 unspecified atom stereocenters. The van der Waals surface area contributed by atoms with Crippen LogP contribution >= 0.6 is 0 Å². The molecule has 148 valence electrons. The van der Waals surface area contributed by atoms with Gasteiger partial charge in [0, 0.05) is 5.56 Å². The molecule has 4 aromatic rings. The highest BCUT2D eigenvalue weighted by Crippen LogP contribution is 2.42. The highest BCUT2D eigenvalue weighted by atomic mass is 16.6. The van der Waals surface area contributed by atoms with Crippen molar-refractivity contribution in [3.8, 4) is 11.1 Å². The third-order valence-corrected chi connectivity index (χ3v) is 5.79. The minimum atomic E-state index is -0.703. The lowest BCUT2D eigenvalue weighted by Crippen LogP contribution is -2.00. The van der Waals surface area contributed by atoms with Gasteiger partial charge in [0.15, 0.2) is 0 Å². The maximum atomic E-state index is 12.7. The predicted octanol–water partition coefficient (Wildman–Crippen LogP) is 4.59. The smallest absolute Gasteiger partial charge is 0.347 e. The van der Waals surface area contributed by atoms with E-state index in [0.29, 0.717) is 16.5 Å². The molecule has 0 aliphatic carbocycles. The molecule has 6 heteroatoms. The predicted molar refractivity (Wildman–Crippen MR) is 111 cm³/mol. The van der Waals surface area contributed by atoms with E-state index < -0.39 is 23.9 Å². The summed E-state index contributed by atoms with van der Waals surface area (Å²) in [6.45, 7) is 1.90. The second-order valence-corrected chi connectivity index (χ2v) is 7.68. The highest BCUT2D eigenvalue weighted by Gasteiger charge is 2.35. The number of carbonyl (C=O) groups excluding carboxylic acids is 4. The monoisotopic (exact) mass is 408 g/mol. The molecule has 0 saturated heterocycles. The topological polar surface area (TPSA) is 86.7 Å². The Labute approximate surface area is 175 Å². The third kappa shape index (κ3) is 2.33. The summed E-state index contributed by atoms with van der Waals surface area (Å²) in [7, 11) is 0. The van der Waals surface area contributed by atoms with Gasteiger partial charge in [-0.3, -0.25) is 0 Å². The van der Waals surface area contributed by atoms with Crippen molar-refractivity contribution in [3.05, 3.63) is 82.4 Å². The van der Waals surface area contributed by atoms with Gasteiger partial charge in [-0.2, -0.15) is 0 Å². The molecule has 31 heavy (non-hydrogen) atoms. The molecule has 2 aliphatic rings. The summed E-state index contributed by atoms with van der Waals surface area (Å²) < 4.78 is 9.67. The van der Waals surface area contributed by atoms with E-state index in [9.17, 15) is 19.2 Å². The van der Waals surface area contributed by atoms with E-state index in [0.717, 1.165) is 21.7 Å². The largest absolute Gasteiger partial charge is 0.386 e. The maximum absolute atomic E-state index is 12.7. The first-order valence-corrected chi connectivity index (χ1v) is 9.60. The van der Waals surface area contributed by atoms with Crippen LogP contribution < -0.4 is 0 Å². The third-order valence-electron chi connectivity index (χ3n) is 5.79. The molecule has 4 aromatic carbocycles. The van der Waals surface area contributed by atoms with Crippen molar-refractivity contribution >= 4 is 45.4 Å². The quantitative estimate of drug-likeness (QED) is 0.338. The van der Waals surface area contributed by atoms with Gasteiger partial charge in [-0.25, -0.2) is 19.2 Å². The second kappa shape index (κ2) is 5.86. The molecular formula is C25H12O6. The first kappa shape index (κ1) is 17.5. The summed E-state index contributed by atoms with van der Waals surface area (Å²) in [5, 5.41) is 2.95. The minimum Gasteiger partial charge on any atom is -0.386 e. The van der Waals surface area contributed by atoms with E-state index >= 15 is 0 Å². The van der Waals surface area contributed by atoms with Crippen LogP contribution in [0.2, 0.25) is 0 Å². The lowest BCUT2D eigenvalue weighted by Gasteiger charge is -2.15. The Morgan fingerprint density at radius 1 is 0.548 bits per heavy atom. The Kier molecular flexibility index (Phi) is 3.31. The summed E-state index contributed by atoms with van der Waals surface area (Å²) in [5.41, 5.74) is 2.93. The van der Waals surface area contributed by atoms with Crippen LogP contribution in [0.5, 0.6) is 0 Å². The second-order valence-electron chi connectivity index (χ2n) is 7.68. The number of benzene rings is 4. The van der Waals surface area contributed by atoms with E-state index in [2.05, 4.69) is 0 Å². The van der Waals surface area contributed by atoms with Crippen LogP contribution in [0.4, 0.5) is 0 Å². The molecule has 0 bridgehead atoms. The zero-order valence-corrected chi connectivity index (χ0v) is 16.1. The molecule has 0 amide bonds. The molecule has 0 N–H and O–H groups in total. The van der Waals surface area contributed by atoms with Crippen molar-refractivity contribution in [1.82, 2.24) is 0 Å². The van der Waals surface area contributed by atoms with E-state index in [1.165, 1.54) is 0 Å². The molecule has 0 fully saturated rings. The van der Waals surface area contributed by atoms with Crippen molar-refractivity contribution in [2.24, 2.45) is 0 Å². The van der Waals surface area contributed by atoms with E-state index in [1.54, 1.807) is 18.2 Å². The fourth-order valence-electron chi connectivity index (χ4n) is 4.49. The molecule has 2 aliphatic heterocycles. The molecule has 0 spiro atoms. The van der Waals surface area contributed by atoms with Gasteiger partial charge in [-0.15, -0.1) is 0 Å². The molecule has 6 rings (SSSR count). The molecule has 2 heterocycles. The first-order valence-electron chi connectivity index (χ1n) is 9.60. The van der Waals surface area contributed by atoms with Gasteiger partial charge >= 0.3 is 23.9 Å². The zero-order valence-electron chi connectivity index (χ0n) is 16.1. The summed E-state index contributed by atoms with van der Waals surface area (Å²) in [5.74, 6) is -2.76. The Bertz CT molecular complexity index is 1560. The van der Waals surface area contributed by atoms with Gasteiger partial charge < -0.3 is 9.47 Å². The highest BCUT2D eigenvalue weighted by molar-refractivity contribution is 6.25. The van der Waals surface area contributed by atoms with Gasteiger partial charge in [0.25, 0.3) is 0 Å². The van der Waals surface area contributed by atoms with Crippen molar-refractivity contribution < 1.29 is 28.7 Å². The number of carbonyl (C=O) groups is 4. The zero-order chi connectivity index (χ0) is 21.4. The van der Waals surface area contributed by atoms with Crippen LogP contribution in [0.25, 0.3) is 32.7 Å². The van der Waals surface area contributed by atoms with Crippen LogP contribution in [-0.4, -0.2) is 23.9 Å². The molecule has 0 atom stereocenters. The Morgan fingerprint density at radius 2 is 1.19 bits per heavy atom. The van der Waals surface area contributed by atoms with Gasteiger partial charge in [-0.05, 0) is 57.8 Å². The number of esters is 4. The van der Waals surface area contributed by atoms with Crippen LogP contribution in [0.3, 0.4) is 0 Å². The molecule has 0 radical (unpaired) electrons. The number of hydrogen-bond donors (Lipinski definition) is 0. The average Bonchev–Trinajstić information content (AvgIpc) is 3.18. The number of cyclic esters (lactones) is 4. The number of rotatable bonds is 1. The standard InChI is InChI=1S/C25H12O6/c1-11-6-13-9-17-18(23(27)30-22(17)26)10-15(13)16(7-11)20-14-5-3-2-4-12(14)8-19-21(20)25(29)31-24(19)28/h2-10H,1H3. The first-order chi connectivity index (χ1) is 14.9. The van der Waals surface area contributed by atoms with Crippen molar-refractivity contribution in [2.45, 2.75) is 6.92 Å². The Balaban J connectivity index is 1.80. The lowest BCUT2D eigenvalue weighted by atomic mass is 9.86. The van der Waals surface area contributed by atoms with Crippen LogP contribution in [0.1, 0.15) is 47.0 Å². The van der Waals surface area contributed by atoms with Crippen LogP contribution in [0.15, 0.2) is 54.6 Å². The minimum absolute atomic E-state index is 0.179. The van der Waals surface area contributed by atoms with Gasteiger partial charge in [0.1, 0.15) is 0 Å². The van der Waals surface area contributed by atoms with Crippen LogP contribution in [-0.2, 0) is 9.47 Å².